The molecule has 1 aliphatic rings. The standard InChI is InChI=1S/C19H14Cl2N4S/c20-15-5-1-4-13(16(15)21)18-17(25-10-26-18)14-7-12(9-24-19(14)22)11-3-2-6-23-8-11/h1-3,5-10,13H,4H2,(H2,22,24). The lowest BCUT2D eigenvalue weighted by Crippen LogP contribution is -2.03. The van der Waals surface area contributed by atoms with Crippen LogP contribution >= 0.6 is 34.5 Å². The number of nitrogens with two attached hydrogens (primary N) is 1. The number of hydrogen-bond donors (Lipinski definition) is 1. The predicted octanol–water partition coefficient (Wildman–Crippen LogP) is 5.58. The van der Waals surface area contributed by atoms with Gasteiger partial charge in [0.15, 0.2) is 0 Å². The number of thiazole rings is 1. The van der Waals surface area contributed by atoms with Gasteiger partial charge in [0.25, 0.3) is 0 Å². The molecule has 3 aromatic heterocycles. The Bertz CT molecular complexity index is 1010. The maximum atomic E-state index is 6.47. The first-order valence-electron chi connectivity index (χ1n) is 7.96. The van der Waals surface area contributed by atoms with E-state index in [2.05, 4.69) is 15.0 Å². The van der Waals surface area contributed by atoms with Crippen molar-refractivity contribution in [3.63, 3.8) is 0 Å². The van der Waals surface area contributed by atoms with E-state index in [4.69, 9.17) is 28.9 Å². The van der Waals surface area contributed by atoms with Crippen LogP contribution in [0.5, 0.6) is 0 Å². The lowest BCUT2D eigenvalue weighted by Gasteiger charge is -2.19. The fraction of sp³-hybridized carbons (Fsp3) is 0.105. The van der Waals surface area contributed by atoms with Gasteiger partial charge in [0.1, 0.15) is 5.82 Å². The van der Waals surface area contributed by atoms with Crippen molar-refractivity contribution < 1.29 is 0 Å². The molecule has 2 N–H and O–H groups in total. The third kappa shape index (κ3) is 3.14. The van der Waals surface area contributed by atoms with Gasteiger partial charge in [-0.25, -0.2) is 9.97 Å². The SMILES string of the molecule is Nc1ncc(-c2cccnc2)cc1-c1ncsc1C1CC=CC(Cl)=C1Cl. The molecule has 0 aromatic carbocycles. The highest BCUT2D eigenvalue weighted by molar-refractivity contribution is 7.10. The Morgan fingerprint density at radius 3 is 2.85 bits per heavy atom. The van der Waals surface area contributed by atoms with Crippen LogP contribution in [0, 0.1) is 0 Å². The van der Waals surface area contributed by atoms with Crippen LogP contribution in [0.15, 0.2) is 64.5 Å². The van der Waals surface area contributed by atoms with E-state index in [-0.39, 0.29) is 5.92 Å². The summed E-state index contributed by atoms with van der Waals surface area (Å²) >= 11 is 14.2. The van der Waals surface area contributed by atoms with E-state index < -0.39 is 0 Å². The molecule has 0 amide bonds. The van der Waals surface area contributed by atoms with E-state index >= 15 is 0 Å². The Morgan fingerprint density at radius 1 is 1.15 bits per heavy atom. The van der Waals surface area contributed by atoms with Crippen LogP contribution < -0.4 is 5.73 Å². The summed E-state index contributed by atoms with van der Waals surface area (Å²) in [6.45, 7) is 0. The van der Waals surface area contributed by atoms with Crippen molar-refractivity contribution in [2.24, 2.45) is 0 Å². The summed E-state index contributed by atoms with van der Waals surface area (Å²) in [7, 11) is 0. The van der Waals surface area contributed by atoms with Crippen molar-refractivity contribution in [2.75, 3.05) is 5.73 Å². The van der Waals surface area contributed by atoms with Gasteiger partial charge < -0.3 is 5.73 Å². The summed E-state index contributed by atoms with van der Waals surface area (Å²) in [6, 6.07) is 5.87. The van der Waals surface area contributed by atoms with Crippen LogP contribution in [-0.4, -0.2) is 15.0 Å². The highest BCUT2D eigenvalue weighted by Crippen LogP contribution is 2.44. The topological polar surface area (TPSA) is 64.7 Å². The van der Waals surface area contributed by atoms with Crippen LogP contribution in [0.4, 0.5) is 5.82 Å². The number of aromatic nitrogens is 3. The Kier molecular flexibility index (Phi) is 4.76. The van der Waals surface area contributed by atoms with Gasteiger partial charge in [-0.2, -0.15) is 0 Å². The zero-order valence-electron chi connectivity index (χ0n) is 13.6. The minimum Gasteiger partial charge on any atom is -0.383 e. The average Bonchev–Trinajstić information content (AvgIpc) is 3.14. The van der Waals surface area contributed by atoms with Crippen molar-refractivity contribution in [1.82, 2.24) is 15.0 Å². The van der Waals surface area contributed by atoms with Gasteiger partial charge in [0.05, 0.1) is 16.2 Å². The molecule has 0 bridgehead atoms. The number of rotatable bonds is 3. The summed E-state index contributed by atoms with van der Waals surface area (Å²) in [5, 5.41) is 1.20. The molecular formula is C19H14Cl2N4S. The van der Waals surface area contributed by atoms with E-state index in [9.17, 15) is 0 Å². The first-order chi connectivity index (χ1) is 12.6. The zero-order valence-corrected chi connectivity index (χ0v) is 15.9. The molecule has 0 saturated heterocycles. The Hall–Kier alpha value is -2.21. The van der Waals surface area contributed by atoms with Crippen molar-refractivity contribution in [2.45, 2.75) is 12.3 Å². The van der Waals surface area contributed by atoms with Crippen LogP contribution in [0.2, 0.25) is 0 Å². The van der Waals surface area contributed by atoms with Crippen LogP contribution in [0.25, 0.3) is 22.4 Å². The maximum Gasteiger partial charge on any atom is 0.132 e. The number of allylic oxidation sites excluding steroid dienone is 4. The second kappa shape index (κ2) is 7.19. The first kappa shape index (κ1) is 17.2. The Balaban J connectivity index is 1.81. The molecule has 1 aliphatic carbocycles. The molecule has 0 saturated carbocycles. The summed E-state index contributed by atoms with van der Waals surface area (Å²) in [5.41, 5.74) is 11.5. The fourth-order valence-corrected chi connectivity index (χ4v) is 4.41. The number of hydrogen-bond acceptors (Lipinski definition) is 5. The number of halogens is 2. The minimum absolute atomic E-state index is 0.0156. The molecular weight excluding hydrogens is 387 g/mol. The van der Waals surface area contributed by atoms with Gasteiger partial charge in [0, 0.05) is 51.1 Å². The quantitative estimate of drug-likeness (QED) is 0.622. The van der Waals surface area contributed by atoms with E-state index in [1.807, 2.05) is 30.4 Å². The third-order valence-electron chi connectivity index (χ3n) is 4.25. The number of nitrogen functional groups attached to an aromatic ring is 1. The molecule has 0 radical (unpaired) electrons. The summed E-state index contributed by atoms with van der Waals surface area (Å²) in [5.74, 6) is 0.417. The van der Waals surface area contributed by atoms with E-state index in [1.165, 1.54) is 0 Å². The second-order valence-corrected chi connectivity index (χ2v) is 7.55. The van der Waals surface area contributed by atoms with Crippen molar-refractivity contribution in [1.29, 1.82) is 0 Å². The van der Waals surface area contributed by atoms with E-state index in [1.54, 1.807) is 35.4 Å². The molecule has 26 heavy (non-hydrogen) atoms. The molecule has 3 aromatic rings. The fourth-order valence-electron chi connectivity index (χ4n) is 2.94. The molecule has 1 unspecified atom stereocenters. The van der Waals surface area contributed by atoms with E-state index in [0.29, 0.717) is 15.9 Å². The van der Waals surface area contributed by atoms with Gasteiger partial charge >= 0.3 is 0 Å². The van der Waals surface area contributed by atoms with Gasteiger partial charge in [0.2, 0.25) is 0 Å². The maximum absolute atomic E-state index is 6.47. The van der Waals surface area contributed by atoms with Gasteiger partial charge in [-0.3, -0.25) is 4.98 Å². The molecule has 130 valence electrons. The largest absolute Gasteiger partial charge is 0.383 e. The molecule has 7 heteroatoms. The van der Waals surface area contributed by atoms with Gasteiger partial charge in [-0.15, -0.1) is 11.3 Å². The number of anilines is 1. The molecule has 4 rings (SSSR count). The predicted molar refractivity (Wildman–Crippen MR) is 108 cm³/mol. The monoisotopic (exact) mass is 400 g/mol. The molecule has 0 spiro atoms. The normalized spacial score (nSPS) is 16.9. The summed E-state index contributed by atoms with van der Waals surface area (Å²) in [4.78, 5) is 14.1. The van der Waals surface area contributed by atoms with E-state index in [0.717, 1.165) is 33.7 Å². The molecule has 3 heterocycles. The van der Waals surface area contributed by atoms with Crippen LogP contribution in [0.1, 0.15) is 17.2 Å². The Labute approximate surface area is 165 Å². The highest BCUT2D eigenvalue weighted by Gasteiger charge is 2.26. The number of nitrogens with zero attached hydrogens (tertiary/aromatic N) is 3. The second-order valence-electron chi connectivity index (χ2n) is 5.85. The summed E-state index contributed by atoms with van der Waals surface area (Å²) < 4.78 is 0. The lowest BCUT2D eigenvalue weighted by atomic mass is 9.95. The lowest BCUT2D eigenvalue weighted by molar-refractivity contribution is 0.852. The van der Waals surface area contributed by atoms with Crippen LogP contribution in [0.3, 0.4) is 0 Å². The summed E-state index contributed by atoms with van der Waals surface area (Å²) in [6.07, 6.45) is 9.91. The van der Waals surface area contributed by atoms with Crippen molar-refractivity contribution >= 4 is 40.4 Å². The highest BCUT2D eigenvalue weighted by atomic mass is 35.5. The van der Waals surface area contributed by atoms with Gasteiger partial charge in [-0.1, -0.05) is 35.3 Å². The van der Waals surface area contributed by atoms with Gasteiger partial charge in [-0.05, 0) is 24.6 Å². The molecule has 1 atom stereocenters. The zero-order chi connectivity index (χ0) is 18.1. The first-order valence-corrected chi connectivity index (χ1v) is 9.60. The Morgan fingerprint density at radius 2 is 2.04 bits per heavy atom. The van der Waals surface area contributed by atoms with Crippen molar-refractivity contribution in [3.05, 3.63) is 69.4 Å². The number of pyridine rings is 2. The molecule has 4 nitrogen and oxygen atoms in total. The third-order valence-corrected chi connectivity index (χ3v) is 6.09. The minimum atomic E-state index is -0.0156. The van der Waals surface area contributed by atoms with Crippen molar-refractivity contribution in [3.8, 4) is 22.4 Å². The van der Waals surface area contributed by atoms with Crippen LogP contribution in [-0.2, 0) is 0 Å². The average molecular weight is 401 g/mol. The smallest absolute Gasteiger partial charge is 0.132 e. The molecule has 0 fully saturated rings. The molecule has 0 aliphatic heterocycles.